The van der Waals surface area contributed by atoms with Crippen molar-refractivity contribution >= 4 is 0 Å². The van der Waals surface area contributed by atoms with Crippen LogP contribution in [0.15, 0.2) is 12.1 Å². The Hall–Kier alpha value is -1.02. The molecule has 0 unspecified atom stereocenters. The van der Waals surface area contributed by atoms with Crippen molar-refractivity contribution in [2.45, 2.75) is 31.6 Å². The van der Waals surface area contributed by atoms with Crippen molar-refractivity contribution in [1.82, 2.24) is 4.90 Å². The molecule has 2 heteroatoms. The highest BCUT2D eigenvalue weighted by Crippen LogP contribution is 2.39. The maximum atomic E-state index is 10.0. The fourth-order valence-corrected chi connectivity index (χ4v) is 3.33. The summed E-state index contributed by atoms with van der Waals surface area (Å²) in [6.07, 6.45) is 4.79. The van der Waals surface area contributed by atoms with E-state index in [1.54, 1.807) is 0 Å². The van der Waals surface area contributed by atoms with Crippen molar-refractivity contribution in [1.29, 1.82) is 0 Å². The van der Waals surface area contributed by atoms with Gasteiger partial charge in [0.15, 0.2) is 0 Å². The molecule has 3 rings (SSSR count). The molecule has 0 spiro atoms. The van der Waals surface area contributed by atoms with E-state index in [0.717, 1.165) is 19.5 Å². The number of benzene rings is 1. The van der Waals surface area contributed by atoms with Crippen LogP contribution in [0.4, 0.5) is 0 Å². The fourth-order valence-electron chi connectivity index (χ4n) is 3.33. The zero-order valence-electron chi connectivity index (χ0n) is 9.87. The van der Waals surface area contributed by atoms with Crippen LogP contribution < -0.4 is 0 Å². The summed E-state index contributed by atoms with van der Waals surface area (Å²) in [5, 5.41) is 10.0. The van der Waals surface area contributed by atoms with E-state index in [4.69, 9.17) is 0 Å². The van der Waals surface area contributed by atoms with Crippen LogP contribution in [-0.2, 0) is 12.8 Å². The third-order valence-electron chi connectivity index (χ3n) is 4.11. The van der Waals surface area contributed by atoms with Crippen LogP contribution in [-0.4, -0.2) is 30.1 Å². The first-order valence-electron chi connectivity index (χ1n) is 6.28. The summed E-state index contributed by atoms with van der Waals surface area (Å²) in [6.45, 7) is 2.23. The standard InChI is InChI=1S/C14H19NO/c1-15-8-7-12-13(16)6-5-10-3-2-4-11(9-15)14(10)12/h5-6,11,16H,2-4,7-9H2,1H3/t11-/m0/s1. The molecule has 1 atom stereocenters. The SMILES string of the molecule is CN1CCc2c(O)ccc3c2[C@@H](CCC3)C1. The van der Waals surface area contributed by atoms with Crippen LogP contribution in [0.5, 0.6) is 5.75 Å². The van der Waals surface area contributed by atoms with E-state index in [-0.39, 0.29) is 0 Å². The normalized spacial score (nSPS) is 24.9. The number of hydrogen-bond acceptors (Lipinski definition) is 2. The van der Waals surface area contributed by atoms with Crippen molar-refractivity contribution in [2.75, 3.05) is 20.1 Å². The van der Waals surface area contributed by atoms with E-state index < -0.39 is 0 Å². The van der Waals surface area contributed by atoms with Crippen LogP contribution in [0, 0.1) is 0 Å². The van der Waals surface area contributed by atoms with Gasteiger partial charge in [0, 0.05) is 13.1 Å². The Bertz CT molecular complexity index is 413. The minimum atomic E-state index is 0.515. The van der Waals surface area contributed by atoms with Gasteiger partial charge in [-0.25, -0.2) is 0 Å². The minimum absolute atomic E-state index is 0.515. The average Bonchev–Trinajstić information content (AvgIpc) is 2.44. The Kier molecular flexibility index (Phi) is 2.40. The number of phenolic OH excluding ortho intramolecular Hbond substituents is 1. The lowest BCUT2D eigenvalue weighted by Crippen LogP contribution is -2.25. The number of phenols is 1. The predicted molar refractivity (Wildman–Crippen MR) is 65.0 cm³/mol. The van der Waals surface area contributed by atoms with Gasteiger partial charge in [-0.2, -0.15) is 0 Å². The second kappa shape index (κ2) is 3.77. The maximum Gasteiger partial charge on any atom is 0.119 e. The van der Waals surface area contributed by atoms with Gasteiger partial charge in [-0.05, 0) is 61.4 Å². The van der Waals surface area contributed by atoms with Crippen molar-refractivity contribution in [3.05, 3.63) is 28.8 Å². The van der Waals surface area contributed by atoms with Gasteiger partial charge in [0.2, 0.25) is 0 Å². The van der Waals surface area contributed by atoms with Crippen molar-refractivity contribution < 1.29 is 5.11 Å². The molecule has 1 aromatic carbocycles. The largest absolute Gasteiger partial charge is 0.508 e. The Balaban J connectivity index is 2.15. The molecule has 1 aliphatic carbocycles. The van der Waals surface area contributed by atoms with E-state index in [9.17, 15) is 5.11 Å². The predicted octanol–water partition coefficient (Wildman–Crippen LogP) is 2.30. The summed E-state index contributed by atoms with van der Waals surface area (Å²) in [7, 11) is 2.19. The number of aromatic hydroxyl groups is 1. The smallest absolute Gasteiger partial charge is 0.119 e. The molecule has 86 valence electrons. The van der Waals surface area contributed by atoms with Gasteiger partial charge >= 0.3 is 0 Å². The Morgan fingerprint density at radius 1 is 1.31 bits per heavy atom. The van der Waals surface area contributed by atoms with Gasteiger partial charge in [-0.1, -0.05) is 6.07 Å². The summed E-state index contributed by atoms with van der Waals surface area (Å²) >= 11 is 0. The third kappa shape index (κ3) is 1.52. The summed E-state index contributed by atoms with van der Waals surface area (Å²) in [5.74, 6) is 1.17. The quantitative estimate of drug-likeness (QED) is 0.721. The van der Waals surface area contributed by atoms with Crippen LogP contribution >= 0.6 is 0 Å². The molecule has 1 aromatic rings. The summed E-state index contributed by atoms with van der Waals surface area (Å²) in [6, 6.07) is 4.02. The molecule has 1 heterocycles. The molecule has 1 N–H and O–H groups in total. The Morgan fingerprint density at radius 2 is 2.19 bits per heavy atom. The lowest BCUT2D eigenvalue weighted by atomic mass is 9.80. The first-order chi connectivity index (χ1) is 7.75. The van der Waals surface area contributed by atoms with Gasteiger partial charge in [0.1, 0.15) is 5.75 Å². The zero-order chi connectivity index (χ0) is 11.1. The first-order valence-corrected chi connectivity index (χ1v) is 6.28. The van der Waals surface area contributed by atoms with Gasteiger partial charge in [-0.3, -0.25) is 0 Å². The third-order valence-corrected chi connectivity index (χ3v) is 4.11. The lowest BCUT2D eigenvalue weighted by molar-refractivity contribution is 0.313. The van der Waals surface area contributed by atoms with Gasteiger partial charge in [0.25, 0.3) is 0 Å². The number of aryl methyl sites for hydroxylation is 1. The number of nitrogens with zero attached hydrogens (tertiary/aromatic N) is 1. The molecule has 16 heavy (non-hydrogen) atoms. The molecule has 0 fully saturated rings. The van der Waals surface area contributed by atoms with Crippen LogP contribution in [0.25, 0.3) is 0 Å². The highest BCUT2D eigenvalue weighted by molar-refractivity contribution is 5.48. The van der Waals surface area contributed by atoms with Crippen LogP contribution in [0.3, 0.4) is 0 Å². The molecular weight excluding hydrogens is 198 g/mol. The molecule has 0 aromatic heterocycles. The second-order valence-electron chi connectivity index (χ2n) is 5.24. The van der Waals surface area contributed by atoms with Crippen molar-refractivity contribution in [3.8, 4) is 5.75 Å². The minimum Gasteiger partial charge on any atom is -0.508 e. The Morgan fingerprint density at radius 3 is 3.06 bits per heavy atom. The number of hydrogen-bond donors (Lipinski definition) is 1. The highest BCUT2D eigenvalue weighted by atomic mass is 16.3. The molecule has 0 bridgehead atoms. The first kappa shape index (κ1) is 10.2. The molecule has 2 aliphatic rings. The summed E-state index contributed by atoms with van der Waals surface area (Å²) in [5.41, 5.74) is 4.20. The molecule has 0 radical (unpaired) electrons. The molecule has 1 aliphatic heterocycles. The van der Waals surface area contributed by atoms with Crippen molar-refractivity contribution in [3.63, 3.8) is 0 Å². The van der Waals surface area contributed by atoms with E-state index in [1.807, 2.05) is 6.07 Å². The molecule has 2 nitrogen and oxygen atoms in total. The van der Waals surface area contributed by atoms with Gasteiger partial charge in [-0.15, -0.1) is 0 Å². The number of rotatable bonds is 0. The average molecular weight is 217 g/mol. The second-order valence-corrected chi connectivity index (χ2v) is 5.24. The van der Waals surface area contributed by atoms with Crippen molar-refractivity contribution in [2.24, 2.45) is 0 Å². The Labute approximate surface area is 96.9 Å². The van der Waals surface area contributed by atoms with E-state index >= 15 is 0 Å². The van der Waals surface area contributed by atoms with E-state index in [1.165, 1.54) is 36.0 Å². The zero-order valence-corrected chi connectivity index (χ0v) is 9.87. The van der Waals surface area contributed by atoms with Gasteiger partial charge < -0.3 is 10.0 Å². The number of likely N-dealkylation sites (N-methyl/N-ethyl adjacent to an activating group) is 1. The van der Waals surface area contributed by atoms with Gasteiger partial charge in [0.05, 0.1) is 0 Å². The summed E-state index contributed by atoms with van der Waals surface area (Å²) in [4.78, 5) is 2.40. The van der Waals surface area contributed by atoms with E-state index in [0.29, 0.717) is 11.7 Å². The highest BCUT2D eigenvalue weighted by Gasteiger charge is 2.28. The molecule has 0 saturated heterocycles. The molecular formula is C14H19NO. The van der Waals surface area contributed by atoms with Crippen LogP contribution in [0.1, 0.15) is 35.4 Å². The maximum absolute atomic E-state index is 10.0. The van der Waals surface area contributed by atoms with Crippen LogP contribution in [0.2, 0.25) is 0 Å². The molecule has 0 amide bonds. The molecule has 0 saturated carbocycles. The monoisotopic (exact) mass is 217 g/mol. The lowest BCUT2D eigenvalue weighted by Gasteiger charge is -2.28. The topological polar surface area (TPSA) is 23.5 Å². The van der Waals surface area contributed by atoms with E-state index in [2.05, 4.69) is 18.0 Å². The summed E-state index contributed by atoms with van der Waals surface area (Å²) < 4.78 is 0. The fraction of sp³-hybridized carbons (Fsp3) is 0.571.